The van der Waals surface area contributed by atoms with Crippen LogP contribution in [0.15, 0.2) is 46.7 Å². The molecule has 82 valence electrons. The van der Waals surface area contributed by atoms with Gasteiger partial charge in [-0.25, -0.2) is 9.97 Å². The summed E-state index contributed by atoms with van der Waals surface area (Å²) in [6, 6.07) is 7.18. The highest BCUT2D eigenvalue weighted by atomic mass is 35.5. The Hall–Kier alpha value is -1.10. The van der Waals surface area contributed by atoms with E-state index < -0.39 is 0 Å². The lowest BCUT2D eigenvalue weighted by molar-refractivity contribution is 0.279. The molecule has 5 heteroatoms. The van der Waals surface area contributed by atoms with Gasteiger partial charge in [0.2, 0.25) is 0 Å². The van der Waals surface area contributed by atoms with Gasteiger partial charge in [0.15, 0.2) is 5.16 Å². The zero-order valence-corrected chi connectivity index (χ0v) is 9.87. The van der Waals surface area contributed by atoms with Crippen molar-refractivity contribution in [3.63, 3.8) is 0 Å². The first-order chi connectivity index (χ1) is 7.81. The summed E-state index contributed by atoms with van der Waals surface area (Å²) < 4.78 is 0. The summed E-state index contributed by atoms with van der Waals surface area (Å²) in [5.41, 5.74) is 0.782. The van der Waals surface area contributed by atoms with Crippen LogP contribution in [0.25, 0.3) is 0 Å². The Morgan fingerprint density at radius 1 is 1.19 bits per heavy atom. The van der Waals surface area contributed by atoms with Gasteiger partial charge in [-0.2, -0.15) is 0 Å². The molecule has 0 spiro atoms. The number of halogens is 1. The summed E-state index contributed by atoms with van der Waals surface area (Å²) in [5.74, 6) is 0. The summed E-state index contributed by atoms with van der Waals surface area (Å²) in [4.78, 5) is 9.01. The van der Waals surface area contributed by atoms with Crippen molar-refractivity contribution < 1.29 is 5.11 Å². The Balaban J connectivity index is 2.34. The Bertz CT molecular complexity index is 479. The zero-order valence-electron chi connectivity index (χ0n) is 8.30. The quantitative estimate of drug-likeness (QED) is 0.854. The Morgan fingerprint density at radius 2 is 1.94 bits per heavy atom. The molecule has 0 saturated heterocycles. The van der Waals surface area contributed by atoms with Gasteiger partial charge < -0.3 is 5.11 Å². The lowest BCUT2D eigenvalue weighted by atomic mass is 10.2. The summed E-state index contributed by atoms with van der Waals surface area (Å²) >= 11 is 7.42. The van der Waals surface area contributed by atoms with Gasteiger partial charge in [-0.15, -0.1) is 0 Å². The number of benzene rings is 1. The van der Waals surface area contributed by atoms with E-state index in [9.17, 15) is 5.11 Å². The smallest absolute Gasteiger partial charge is 0.192 e. The van der Waals surface area contributed by atoms with Crippen molar-refractivity contribution >= 4 is 23.4 Å². The maximum absolute atomic E-state index is 9.21. The Morgan fingerprint density at radius 3 is 2.62 bits per heavy atom. The highest BCUT2D eigenvalue weighted by Gasteiger charge is 2.09. The van der Waals surface area contributed by atoms with Gasteiger partial charge in [0.25, 0.3) is 0 Å². The average Bonchev–Trinajstić information content (AvgIpc) is 2.33. The molecule has 0 saturated carbocycles. The number of hydrogen-bond acceptors (Lipinski definition) is 4. The van der Waals surface area contributed by atoms with Crippen LogP contribution in [-0.4, -0.2) is 15.1 Å². The van der Waals surface area contributed by atoms with Crippen LogP contribution in [0.2, 0.25) is 5.02 Å². The standard InChI is InChI=1S/C11H9ClN2OS/c12-9-4-1-3-8(7-15)10(9)16-11-13-5-2-6-14-11/h1-6,15H,7H2. The van der Waals surface area contributed by atoms with E-state index in [2.05, 4.69) is 9.97 Å². The molecule has 0 unspecified atom stereocenters. The van der Waals surface area contributed by atoms with Gasteiger partial charge in [-0.05, 0) is 29.5 Å². The third-order valence-electron chi connectivity index (χ3n) is 1.95. The van der Waals surface area contributed by atoms with Crippen molar-refractivity contribution in [2.45, 2.75) is 16.7 Å². The minimum atomic E-state index is -0.0459. The van der Waals surface area contributed by atoms with Crippen LogP contribution in [0.3, 0.4) is 0 Å². The third kappa shape index (κ3) is 2.52. The van der Waals surface area contributed by atoms with E-state index in [-0.39, 0.29) is 6.61 Å². The van der Waals surface area contributed by atoms with E-state index >= 15 is 0 Å². The monoisotopic (exact) mass is 252 g/mol. The Kier molecular flexibility index (Phi) is 3.77. The lowest BCUT2D eigenvalue weighted by Crippen LogP contribution is -1.90. The zero-order chi connectivity index (χ0) is 11.4. The predicted octanol–water partition coefficient (Wildman–Crippen LogP) is 2.77. The summed E-state index contributed by atoms with van der Waals surface area (Å²) in [7, 11) is 0. The van der Waals surface area contributed by atoms with Crippen molar-refractivity contribution in [1.82, 2.24) is 9.97 Å². The molecule has 3 nitrogen and oxygen atoms in total. The highest BCUT2D eigenvalue weighted by Crippen LogP contribution is 2.34. The summed E-state index contributed by atoms with van der Waals surface area (Å²) in [6.07, 6.45) is 3.34. The maximum Gasteiger partial charge on any atom is 0.192 e. The molecule has 0 atom stereocenters. The van der Waals surface area contributed by atoms with Crippen LogP contribution < -0.4 is 0 Å². The second kappa shape index (κ2) is 5.30. The lowest BCUT2D eigenvalue weighted by Gasteiger charge is -2.07. The third-order valence-corrected chi connectivity index (χ3v) is 3.46. The Labute approximate surface area is 103 Å². The fourth-order valence-electron chi connectivity index (χ4n) is 1.22. The van der Waals surface area contributed by atoms with Gasteiger partial charge in [-0.1, -0.05) is 23.7 Å². The number of aliphatic hydroxyl groups is 1. The van der Waals surface area contributed by atoms with Crippen LogP contribution in [0.5, 0.6) is 0 Å². The van der Waals surface area contributed by atoms with Crippen LogP contribution in [0.4, 0.5) is 0 Å². The van der Waals surface area contributed by atoms with Crippen molar-refractivity contribution in [1.29, 1.82) is 0 Å². The number of aromatic nitrogens is 2. The minimum absolute atomic E-state index is 0.0459. The molecule has 1 N–H and O–H groups in total. The topological polar surface area (TPSA) is 46.0 Å². The van der Waals surface area contributed by atoms with Crippen molar-refractivity contribution in [3.8, 4) is 0 Å². The van der Waals surface area contributed by atoms with Gasteiger partial charge in [-0.3, -0.25) is 0 Å². The molecule has 0 amide bonds. The second-order valence-corrected chi connectivity index (χ2v) is 4.40. The van der Waals surface area contributed by atoms with E-state index in [0.717, 1.165) is 10.5 Å². The predicted molar refractivity (Wildman–Crippen MR) is 63.5 cm³/mol. The molecule has 0 aliphatic rings. The fraction of sp³-hybridized carbons (Fsp3) is 0.0909. The van der Waals surface area contributed by atoms with E-state index in [1.165, 1.54) is 11.8 Å². The number of aliphatic hydroxyl groups excluding tert-OH is 1. The van der Waals surface area contributed by atoms with Crippen molar-refractivity contribution in [3.05, 3.63) is 47.2 Å². The van der Waals surface area contributed by atoms with Crippen LogP contribution in [0, 0.1) is 0 Å². The van der Waals surface area contributed by atoms with Crippen molar-refractivity contribution in [2.24, 2.45) is 0 Å². The maximum atomic E-state index is 9.21. The van der Waals surface area contributed by atoms with E-state index in [1.54, 1.807) is 24.5 Å². The molecular weight excluding hydrogens is 244 g/mol. The first-order valence-electron chi connectivity index (χ1n) is 4.64. The molecule has 0 radical (unpaired) electrons. The van der Waals surface area contributed by atoms with E-state index in [0.29, 0.717) is 10.2 Å². The molecule has 0 aliphatic carbocycles. The number of hydrogen-bond donors (Lipinski definition) is 1. The van der Waals surface area contributed by atoms with Crippen LogP contribution >= 0.6 is 23.4 Å². The van der Waals surface area contributed by atoms with Gasteiger partial charge in [0.05, 0.1) is 11.6 Å². The molecule has 2 rings (SSSR count). The summed E-state index contributed by atoms with van der Waals surface area (Å²) in [6.45, 7) is -0.0459. The van der Waals surface area contributed by atoms with Gasteiger partial charge in [0, 0.05) is 17.3 Å². The average molecular weight is 253 g/mol. The molecule has 1 aromatic heterocycles. The molecule has 2 aromatic rings. The normalized spacial score (nSPS) is 10.4. The molecule has 0 aliphatic heterocycles. The summed E-state index contributed by atoms with van der Waals surface area (Å²) in [5, 5.41) is 10.4. The number of rotatable bonds is 3. The van der Waals surface area contributed by atoms with Crippen LogP contribution in [0.1, 0.15) is 5.56 Å². The van der Waals surface area contributed by atoms with Gasteiger partial charge in [0.1, 0.15) is 0 Å². The molecular formula is C11H9ClN2OS. The first kappa shape index (κ1) is 11.4. The highest BCUT2D eigenvalue weighted by molar-refractivity contribution is 7.99. The molecule has 0 bridgehead atoms. The van der Waals surface area contributed by atoms with Crippen molar-refractivity contribution in [2.75, 3.05) is 0 Å². The van der Waals surface area contributed by atoms with E-state index in [4.69, 9.17) is 11.6 Å². The SMILES string of the molecule is OCc1cccc(Cl)c1Sc1ncccn1. The van der Waals surface area contributed by atoms with E-state index in [1.807, 2.05) is 12.1 Å². The number of nitrogens with zero attached hydrogens (tertiary/aromatic N) is 2. The van der Waals surface area contributed by atoms with Gasteiger partial charge >= 0.3 is 0 Å². The first-order valence-corrected chi connectivity index (χ1v) is 5.84. The largest absolute Gasteiger partial charge is 0.392 e. The fourth-order valence-corrected chi connectivity index (χ4v) is 2.37. The second-order valence-electron chi connectivity index (χ2n) is 3.02. The molecule has 1 aromatic carbocycles. The molecule has 0 fully saturated rings. The molecule has 1 heterocycles. The van der Waals surface area contributed by atoms with Crippen LogP contribution in [-0.2, 0) is 6.61 Å². The molecule has 16 heavy (non-hydrogen) atoms. The minimum Gasteiger partial charge on any atom is -0.392 e.